The molecule has 0 saturated carbocycles. The van der Waals surface area contributed by atoms with Gasteiger partial charge in [0.25, 0.3) is 0 Å². The van der Waals surface area contributed by atoms with Crippen LogP contribution in [0, 0.1) is 6.92 Å². The Kier molecular flexibility index (Phi) is 4.24. The van der Waals surface area contributed by atoms with E-state index in [0.717, 1.165) is 17.0 Å². The van der Waals surface area contributed by atoms with E-state index in [4.69, 9.17) is 17.0 Å². The summed E-state index contributed by atoms with van der Waals surface area (Å²) in [6.07, 6.45) is 0. The molecule has 0 aromatic heterocycles. The first-order chi connectivity index (χ1) is 11.0. The molecule has 1 atom stereocenters. The zero-order valence-electron chi connectivity index (χ0n) is 13.6. The van der Waals surface area contributed by atoms with Gasteiger partial charge in [-0.25, -0.2) is 5.01 Å². The van der Waals surface area contributed by atoms with Crippen LogP contribution in [-0.2, 0) is 5.66 Å². The number of nitrogens with one attached hydrogen (secondary N) is 2. The molecule has 4 nitrogen and oxygen atoms in total. The summed E-state index contributed by atoms with van der Waals surface area (Å²) in [5.74, 6) is 0.871. The van der Waals surface area contributed by atoms with Crippen LogP contribution in [0.4, 0.5) is 5.69 Å². The maximum atomic E-state index is 5.50. The Morgan fingerprint density at radius 1 is 1.09 bits per heavy atom. The van der Waals surface area contributed by atoms with Crippen LogP contribution in [0.15, 0.2) is 48.5 Å². The van der Waals surface area contributed by atoms with Crippen molar-refractivity contribution in [3.63, 3.8) is 0 Å². The fourth-order valence-corrected chi connectivity index (χ4v) is 2.99. The summed E-state index contributed by atoms with van der Waals surface area (Å²) < 4.78 is 5.50. The molecule has 0 unspecified atom stereocenters. The maximum Gasteiger partial charge on any atom is 0.190 e. The summed E-state index contributed by atoms with van der Waals surface area (Å²) >= 11 is 5.50. The zero-order chi connectivity index (χ0) is 16.4. The molecule has 1 aliphatic rings. The van der Waals surface area contributed by atoms with Gasteiger partial charge in [0.15, 0.2) is 5.11 Å². The lowest BCUT2D eigenvalue weighted by Crippen LogP contribution is -2.45. The van der Waals surface area contributed by atoms with Crippen molar-refractivity contribution in [1.82, 2.24) is 10.7 Å². The number of anilines is 1. The van der Waals surface area contributed by atoms with Crippen molar-refractivity contribution in [2.24, 2.45) is 0 Å². The standard InChI is InChI=1S/C18H21N3OS/c1-4-22-16-11-7-14(8-12-16)18(3)19-17(23)21(20-18)15-9-5-13(2)6-10-15/h5-12,20H,4H2,1-3H3,(H,19,23)/t18-/m1/s1. The topological polar surface area (TPSA) is 36.5 Å². The van der Waals surface area contributed by atoms with Gasteiger partial charge in [0.2, 0.25) is 0 Å². The number of thiocarbonyl (C=S) groups is 1. The molecule has 1 fully saturated rings. The Hall–Kier alpha value is -2.11. The normalized spacial score (nSPS) is 20.5. The van der Waals surface area contributed by atoms with Crippen LogP contribution in [0.1, 0.15) is 25.0 Å². The highest BCUT2D eigenvalue weighted by molar-refractivity contribution is 7.80. The highest BCUT2D eigenvalue weighted by Crippen LogP contribution is 2.28. The third kappa shape index (κ3) is 3.16. The number of aryl methyl sites for hydroxylation is 1. The van der Waals surface area contributed by atoms with E-state index in [1.807, 2.05) is 36.2 Å². The molecular weight excluding hydrogens is 306 g/mol. The lowest BCUT2D eigenvalue weighted by Gasteiger charge is -2.26. The Bertz CT molecular complexity index is 699. The van der Waals surface area contributed by atoms with Crippen molar-refractivity contribution < 1.29 is 4.74 Å². The molecule has 3 rings (SSSR count). The van der Waals surface area contributed by atoms with E-state index in [0.29, 0.717) is 11.7 Å². The first kappa shape index (κ1) is 15.8. The van der Waals surface area contributed by atoms with Gasteiger partial charge in [-0.3, -0.25) is 0 Å². The minimum absolute atomic E-state index is 0.452. The smallest absolute Gasteiger partial charge is 0.190 e. The number of ether oxygens (including phenoxy) is 1. The van der Waals surface area contributed by atoms with Gasteiger partial charge >= 0.3 is 0 Å². The summed E-state index contributed by atoms with van der Waals surface area (Å²) in [6.45, 7) is 6.79. The summed E-state index contributed by atoms with van der Waals surface area (Å²) in [7, 11) is 0. The summed E-state index contributed by atoms with van der Waals surface area (Å²) in [4.78, 5) is 0. The van der Waals surface area contributed by atoms with Crippen molar-refractivity contribution >= 4 is 23.0 Å². The van der Waals surface area contributed by atoms with E-state index in [1.165, 1.54) is 5.56 Å². The number of benzene rings is 2. The van der Waals surface area contributed by atoms with Crippen LogP contribution in [0.25, 0.3) is 0 Å². The van der Waals surface area contributed by atoms with Crippen molar-refractivity contribution in [3.8, 4) is 5.75 Å². The van der Waals surface area contributed by atoms with E-state index < -0.39 is 5.66 Å². The molecule has 120 valence electrons. The van der Waals surface area contributed by atoms with E-state index in [9.17, 15) is 0 Å². The second-order valence-corrected chi connectivity index (χ2v) is 6.18. The molecular formula is C18H21N3OS. The molecule has 0 bridgehead atoms. The van der Waals surface area contributed by atoms with Gasteiger partial charge in [0.1, 0.15) is 11.4 Å². The number of hydrogen-bond donors (Lipinski definition) is 2. The van der Waals surface area contributed by atoms with Gasteiger partial charge in [-0.1, -0.05) is 29.8 Å². The quantitative estimate of drug-likeness (QED) is 0.841. The molecule has 2 aromatic rings. The van der Waals surface area contributed by atoms with Crippen molar-refractivity contribution in [2.45, 2.75) is 26.4 Å². The Labute approximate surface area is 142 Å². The average Bonchev–Trinajstić information content (AvgIpc) is 2.85. The first-order valence-electron chi connectivity index (χ1n) is 7.72. The van der Waals surface area contributed by atoms with Gasteiger partial charge in [-0.15, -0.1) is 0 Å². The van der Waals surface area contributed by atoms with E-state index in [-0.39, 0.29) is 0 Å². The fourth-order valence-electron chi connectivity index (χ4n) is 2.64. The van der Waals surface area contributed by atoms with Crippen LogP contribution < -0.4 is 20.5 Å². The third-order valence-electron chi connectivity index (χ3n) is 3.93. The molecule has 23 heavy (non-hydrogen) atoms. The van der Waals surface area contributed by atoms with Gasteiger partial charge in [0.05, 0.1) is 12.3 Å². The van der Waals surface area contributed by atoms with Crippen molar-refractivity contribution in [1.29, 1.82) is 0 Å². The lowest BCUT2D eigenvalue weighted by atomic mass is 10.0. The second-order valence-electron chi connectivity index (χ2n) is 5.80. The molecule has 2 N–H and O–H groups in total. The monoisotopic (exact) mass is 327 g/mol. The number of hydrogen-bond acceptors (Lipinski definition) is 3. The fraction of sp³-hybridized carbons (Fsp3) is 0.278. The van der Waals surface area contributed by atoms with Crippen LogP contribution in [0.5, 0.6) is 5.75 Å². The summed E-state index contributed by atoms with van der Waals surface area (Å²) in [5.41, 5.74) is 6.34. The summed E-state index contributed by atoms with van der Waals surface area (Å²) in [5, 5.41) is 5.93. The van der Waals surface area contributed by atoms with Crippen molar-refractivity contribution in [2.75, 3.05) is 11.6 Å². The van der Waals surface area contributed by atoms with Crippen LogP contribution in [-0.4, -0.2) is 11.7 Å². The Morgan fingerprint density at radius 2 is 1.74 bits per heavy atom. The van der Waals surface area contributed by atoms with Crippen LogP contribution in [0.3, 0.4) is 0 Å². The maximum absolute atomic E-state index is 5.50. The van der Waals surface area contributed by atoms with E-state index in [2.05, 4.69) is 48.9 Å². The molecule has 2 aromatic carbocycles. The second kappa shape index (κ2) is 6.18. The summed E-state index contributed by atoms with van der Waals surface area (Å²) in [6, 6.07) is 16.3. The number of hydrazine groups is 1. The molecule has 5 heteroatoms. The minimum atomic E-state index is -0.452. The van der Waals surface area contributed by atoms with Gasteiger partial charge in [0, 0.05) is 0 Å². The Balaban J connectivity index is 1.83. The van der Waals surface area contributed by atoms with Crippen LogP contribution in [0.2, 0.25) is 0 Å². The molecule has 0 spiro atoms. The van der Waals surface area contributed by atoms with E-state index in [1.54, 1.807) is 0 Å². The largest absolute Gasteiger partial charge is 0.494 e. The molecule has 0 aliphatic carbocycles. The minimum Gasteiger partial charge on any atom is -0.494 e. The molecule has 0 radical (unpaired) electrons. The highest BCUT2D eigenvalue weighted by Gasteiger charge is 2.38. The van der Waals surface area contributed by atoms with Crippen LogP contribution >= 0.6 is 12.2 Å². The number of rotatable bonds is 4. The molecule has 1 heterocycles. The first-order valence-corrected chi connectivity index (χ1v) is 8.13. The van der Waals surface area contributed by atoms with Gasteiger partial charge < -0.3 is 10.1 Å². The van der Waals surface area contributed by atoms with Crippen molar-refractivity contribution in [3.05, 3.63) is 59.7 Å². The SMILES string of the molecule is CCOc1ccc([C@]2(C)NC(=S)N(c3ccc(C)cc3)N2)cc1. The van der Waals surface area contributed by atoms with E-state index >= 15 is 0 Å². The van der Waals surface area contributed by atoms with Gasteiger partial charge in [-0.05, 0) is 62.8 Å². The zero-order valence-corrected chi connectivity index (χ0v) is 14.4. The highest BCUT2D eigenvalue weighted by atomic mass is 32.1. The lowest BCUT2D eigenvalue weighted by molar-refractivity contribution is 0.339. The van der Waals surface area contributed by atoms with Gasteiger partial charge in [-0.2, -0.15) is 5.43 Å². The number of nitrogens with zero attached hydrogens (tertiary/aromatic N) is 1. The Morgan fingerprint density at radius 3 is 2.35 bits per heavy atom. The molecule has 1 saturated heterocycles. The average molecular weight is 327 g/mol. The molecule has 1 aliphatic heterocycles. The predicted molar refractivity (Wildman–Crippen MR) is 97.5 cm³/mol. The predicted octanol–water partition coefficient (Wildman–Crippen LogP) is 3.47. The molecule has 0 amide bonds. The third-order valence-corrected chi connectivity index (χ3v) is 4.21.